The lowest BCUT2D eigenvalue weighted by molar-refractivity contribution is 0.100. The van der Waals surface area contributed by atoms with E-state index < -0.39 is 5.91 Å². The maximum Gasteiger partial charge on any atom is 0.248 e. The van der Waals surface area contributed by atoms with Crippen LogP contribution in [0.2, 0.25) is 0 Å². The summed E-state index contributed by atoms with van der Waals surface area (Å²) in [4.78, 5) is 11.0. The number of nitrogens with two attached hydrogens (primary N) is 1. The highest BCUT2D eigenvalue weighted by atomic mass is 16.1. The topological polar surface area (TPSA) is 55.1 Å². The Kier molecular flexibility index (Phi) is 4.77. The minimum Gasteiger partial charge on any atom is -0.383 e. The number of amides is 1. The van der Waals surface area contributed by atoms with Crippen LogP contribution in [-0.2, 0) is 6.42 Å². The van der Waals surface area contributed by atoms with Crippen molar-refractivity contribution in [2.24, 2.45) is 5.73 Å². The number of nitrogens with one attached hydrogen (secondary N) is 1. The highest BCUT2D eigenvalue weighted by Gasteiger charge is 2.04. The second-order valence-electron chi connectivity index (χ2n) is 5.01. The van der Waals surface area contributed by atoms with Gasteiger partial charge in [-0.05, 0) is 49.6 Å². The van der Waals surface area contributed by atoms with Gasteiger partial charge in [0.1, 0.15) is 0 Å². The average Bonchev–Trinajstić information content (AvgIpc) is 2.47. The lowest BCUT2D eigenvalue weighted by Gasteiger charge is -2.15. The molecule has 0 spiro atoms. The van der Waals surface area contributed by atoms with Gasteiger partial charge in [0.2, 0.25) is 5.91 Å². The largest absolute Gasteiger partial charge is 0.383 e. The molecule has 0 saturated heterocycles. The summed E-state index contributed by atoms with van der Waals surface area (Å²) >= 11 is 0. The summed E-state index contributed by atoms with van der Waals surface area (Å²) in [5.41, 5.74) is 8.11. The first kappa shape index (κ1) is 14.1. The highest BCUT2D eigenvalue weighted by Crippen LogP contribution is 2.13. The molecule has 0 aromatic heterocycles. The van der Waals surface area contributed by atoms with E-state index in [9.17, 15) is 4.79 Å². The zero-order valence-electron chi connectivity index (χ0n) is 11.7. The maximum atomic E-state index is 11.0. The third kappa shape index (κ3) is 4.12. The molecule has 0 aliphatic rings. The van der Waals surface area contributed by atoms with Crippen molar-refractivity contribution in [3.8, 4) is 0 Å². The van der Waals surface area contributed by atoms with E-state index in [0.717, 1.165) is 18.5 Å². The summed E-state index contributed by atoms with van der Waals surface area (Å²) in [5.74, 6) is -0.395. The van der Waals surface area contributed by atoms with Crippen LogP contribution >= 0.6 is 0 Å². The van der Waals surface area contributed by atoms with E-state index in [1.165, 1.54) is 5.56 Å². The van der Waals surface area contributed by atoms with Gasteiger partial charge in [0.25, 0.3) is 0 Å². The summed E-state index contributed by atoms with van der Waals surface area (Å²) in [6, 6.07) is 18.1. The first-order valence-corrected chi connectivity index (χ1v) is 6.85. The van der Waals surface area contributed by atoms with Gasteiger partial charge in [0.05, 0.1) is 0 Å². The molecule has 3 nitrogen and oxygen atoms in total. The highest BCUT2D eigenvalue weighted by molar-refractivity contribution is 5.93. The quantitative estimate of drug-likeness (QED) is 0.845. The van der Waals surface area contributed by atoms with Crippen molar-refractivity contribution < 1.29 is 4.79 Å². The van der Waals surface area contributed by atoms with Gasteiger partial charge >= 0.3 is 0 Å². The predicted molar refractivity (Wildman–Crippen MR) is 82.8 cm³/mol. The molecule has 0 bridgehead atoms. The second kappa shape index (κ2) is 6.75. The van der Waals surface area contributed by atoms with E-state index in [-0.39, 0.29) is 0 Å². The van der Waals surface area contributed by atoms with Crippen LogP contribution in [0.3, 0.4) is 0 Å². The molecule has 0 saturated carbocycles. The number of anilines is 1. The van der Waals surface area contributed by atoms with Crippen molar-refractivity contribution >= 4 is 11.6 Å². The normalized spacial score (nSPS) is 11.8. The van der Waals surface area contributed by atoms with Gasteiger partial charge in [-0.1, -0.05) is 30.3 Å². The zero-order valence-corrected chi connectivity index (χ0v) is 11.7. The van der Waals surface area contributed by atoms with Crippen molar-refractivity contribution in [1.29, 1.82) is 0 Å². The maximum absolute atomic E-state index is 11.0. The van der Waals surface area contributed by atoms with E-state index in [4.69, 9.17) is 5.73 Å². The van der Waals surface area contributed by atoms with Crippen molar-refractivity contribution in [2.45, 2.75) is 25.8 Å². The van der Waals surface area contributed by atoms with Crippen LogP contribution < -0.4 is 11.1 Å². The molecule has 0 radical (unpaired) electrons. The predicted octanol–water partition coefficient (Wildman–Crippen LogP) is 3.22. The number of carbonyl (C=O) groups excluding carboxylic acids is 1. The molecule has 0 aliphatic carbocycles. The minimum atomic E-state index is -0.395. The standard InChI is InChI=1S/C17H20N2O/c1-13(7-8-14-5-3-2-4-6-14)19-16-11-9-15(10-12-16)17(18)20/h2-6,9-13,19H,7-8H2,1H3,(H2,18,20). The van der Waals surface area contributed by atoms with Crippen LogP contribution in [0, 0.1) is 0 Å². The fourth-order valence-electron chi connectivity index (χ4n) is 2.12. The van der Waals surface area contributed by atoms with Gasteiger partial charge in [-0.15, -0.1) is 0 Å². The first-order valence-electron chi connectivity index (χ1n) is 6.85. The Hall–Kier alpha value is -2.29. The smallest absolute Gasteiger partial charge is 0.248 e. The minimum absolute atomic E-state index is 0.370. The summed E-state index contributed by atoms with van der Waals surface area (Å²) in [5, 5.41) is 3.43. The molecule has 2 aromatic rings. The third-order valence-electron chi connectivity index (χ3n) is 3.29. The summed E-state index contributed by atoms with van der Waals surface area (Å²) < 4.78 is 0. The molecule has 2 rings (SSSR count). The third-order valence-corrected chi connectivity index (χ3v) is 3.29. The van der Waals surface area contributed by atoms with Gasteiger partial charge in [-0.3, -0.25) is 4.79 Å². The number of aryl methyl sites for hydroxylation is 1. The van der Waals surface area contributed by atoms with Crippen LogP contribution in [0.15, 0.2) is 54.6 Å². The Morgan fingerprint density at radius 3 is 2.35 bits per heavy atom. The number of hydrogen-bond donors (Lipinski definition) is 2. The van der Waals surface area contributed by atoms with E-state index in [0.29, 0.717) is 11.6 Å². The summed E-state index contributed by atoms with van der Waals surface area (Å²) in [6.07, 6.45) is 2.11. The molecule has 3 heteroatoms. The fraction of sp³-hybridized carbons (Fsp3) is 0.235. The Morgan fingerprint density at radius 1 is 1.10 bits per heavy atom. The van der Waals surface area contributed by atoms with E-state index >= 15 is 0 Å². The molecule has 0 heterocycles. The van der Waals surface area contributed by atoms with Gasteiger partial charge in [-0.25, -0.2) is 0 Å². The lowest BCUT2D eigenvalue weighted by Crippen LogP contribution is -2.16. The molecule has 2 aromatic carbocycles. The fourth-order valence-corrected chi connectivity index (χ4v) is 2.12. The van der Waals surface area contributed by atoms with Crippen LogP contribution in [0.5, 0.6) is 0 Å². The Labute approximate surface area is 119 Å². The van der Waals surface area contributed by atoms with Gasteiger partial charge in [0.15, 0.2) is 0 Å². The molecular weight excluding hydrogens is 248 g/mol. The Balaban J connectivity index is 1.85. The molecule has 3 N–H and O–H groups in total. The zero-order chi connectivity index (χ0) is 14.4. The molecule has 104 valence electrons. The SMILES string of the molecule is CC(CCc1ccccc1)Nc1ccc(C(N)=O)cc1. The monoisotopic (exact) mass is 268 g/mol. The lowest BCUT2D eigenvalue weighted by atomic mass is 10.1. The van der Waals surface area contributed by atoms with Gasteiger partial charge < -0.3 is 11.1 Å². The Morgan fingerprint density at radius 2 is 1.75 bits per heavy atom. The van der Waals surface area contributed by atoms with E-state index in [2.05, 4.69) is 36.5 Å². The molecule has 0 fully saturated rings. The molecule has 1 amide bonds. The number of rotatable bonds is 6. The molecule has 20 heavy (non-hydrogen) atoms. The van der Waals surface area contributed by atoms with Gasteiger partial charge in [0, 0.05) is 17.3 Å². The van der Waals surface area contributed by atoms with Crippen molar-refractivity contribution in [3.05, 3.63) is 65.7 Å². The number of carbonyl (C=O) groups is 1. The van der Waals surface area contributed by atoms with E-state index in [1.807, 2.05) is 18.2 Å². The molecular formula is C17H20N2O. The number of primary amides is 1. The van der Waals surface area contributed by atoms with Crippen LogP contribution in [0.4, 0.5) is 5.69 Å². The Bertz CT molecular complexity index is 549. The van der Waals surface area contributed by atoms with Crippen LogP contribution in [0.25, 0.3) is 0 Å². The number of hydrogen-bond acceptors (Lipinski definition) is 2. The molecule has 1 atom stereocenters. The molecule has 0 aliphatic heterocycles. The number of benzene rings is 2. The summed E-state index contributed by atoms with van der Waals surface area (Å²) in [7, 11) is 0. The summed E-state index contributed by atoms with van der Waals surface area (Å²) in [6.45, 7) is 2.16. The molecule has 1 unspecified atom stereocenters. The van der Waals surface area contributed by atoms with Crippen molar-refractivity contribution in [3.63, 3.8) is 0 Å². The van der Waals surface area contributed by atoms with Crippen molar-refractivity contribution in [2.75, 3.05) is 5.32 Å². The van der Waals surface area contributed by atoms with Gasteiger partial charge in [-0.2, -0.15) is 0 Å². The second-order valence-corrected chi connectivity index (χ2v) is 5.01. The van der Waals surface area contributed by atoms with E-state index in [1.54, 1.807) is 12.1 Å². The van der Waals surface area contributed by atoms with Crippen LogP contribution in [0.1, 0.15) is 29.3 Å². The van der Waals surface area contributed by atoms with Crippen molar-refractivity contribution in [1.82, 2.24) is 0 Å². The average molecular weight is 268 g/mol. The van der Waals surface area contributed by atoms with Crippen LogP contribution in [-0.4, -0.2) is 11.9 Å². The first-order chi connectivity index (χ1) is 9.65.